The molecule has 0 fully saturated rings. The Morgan fingerprint density at radius 3 is 2.39 bits per heavy atom. The number of ether oxygens (including phenoxy) is 2. The molecule has 3 aromatic carbocycles. The molecule has 0 aliphatic rings. The summed E-state index contributed by atoms with van der Waals surface area (Å²) in [6.07, 6.45) is 1.57. The molecule has 0 aliphatic heterocycles. The van der Waals surface area contributed by atoms with Gasteiger partial charge in [-0.3, -0.25) is 4.79 Å². The maximum Gasteiger partial charge on any atom is 0.271 e. The number of carbonyl (C=O) groups is 1. The van der Waals surface area contributed by atoms with E-state index >= 15 is 0 Å². The number of methoxy groups -OCH3 is 1. The lowest BCUT2D eigenvalue weighted by Gasteiger charge is -2.11. The normalized spacial score (nSPS) is 10.9. The van der Waals surface area contributed by atoms with E-state index < -0.39 is 0 Å². The number of hydrogen-bond donors (Lipinski definition) is 1. The van der Waals surface area contributed by atoms with Gasteiger partial charge in [0.15, 0.2) is 0 Å². The fourth-order valence-electron chi connectivity index (χ4n) is 2.56. The van der Waals surface area contributed by atoms with Crippen molar-refractivity contribution >= 4 is 82.5 Å². The van der Waals surface area contributed by atoms with Gasteiger partial charge in [0.2, 0.25) is 0 Å². The Morgan fingerprint density at radius 1 is 1.06 bits per heavy atom. The Kier molecular flexibility index (Phi) is 8.94. The first-order valence-corrected chi connectivity index (χ1v) is 12.4. The van der Waals surface area contributed by atoms with E-state index in [2.05, 4.69) is 80.9 Å². The third-order valence-corrected chi connectivity index (χ3v) is 6.71. The van der Waals surface area contributed by atoms with Gasteiger partial charge in [0, 0.05) is 10.0 Å². The van der Waals surface area contributed by atoms with Crippen LogP contribution in [0, 0.1) is 3.57 Å². The molecule has 5 nitrogen and oxygen atoms in total. The average Bonchev–Trinajstić information content (AvgIpc) is 2.74. The Hall–Kier alpha value is -1.43. The first-order valence-electron chi connectivity index (χ1n) is 8.90. The summed E-state index contributed by atoms with van der Waals surface area (Å²) in [5.74, 6) is 1.01. The Balaban J connectivity index is 1.64. The lowest BCUT2D eigenvalue weighted by molar-refractivity contribution is 0.0954. The fraction of sp³-hybridized carbons (Fsp3) is 0.0909. The summed E-state index contributed by atoms with van der Waals surface area (Å²) >= 11 is 12.6. The number of rotatable bonds is 7. The summed E-state index contributed by atoms with van der Waals surface area (Å²) in [5.41, 5.74) is 4.84. The van der Waals surface area contributed by atoms with Gasteiger partial charge >= 0.3 is 0 Å². The molecule has 1 amide bonds. The lowest BCUT2D eigenvalue weighted by atomic mass is 10.2. The van der Waals surface area contributed by atoms with Crippen LogP contribution in [0.15, 0.2) is 73.1 Å². The van der Waals surface area contributed by atoms with Crippen molar-refractivity contribution in [2.24, 2.45) is 5.10 Å². The topological polar surface area (TPSA) is 59.9 Å². The van der Waals surface area contributed by atoms with Gasteiger partial charge in [-0.1, -0.05) is 28.1 Å². The van der Waals surface area contributed by atoms with Crippen LogP contribution in [0.3, 0.4) is 0 Å². The summed E-state index contributed by atoms with van der Waals surface area (Å²) in [4.78, 5) is 12.3. The number of nitrogens with zero attached hydrogens (tertiary/aromatic N) is 1. The molecule has 0 bridgehead atoms. The van der Waals surface area contributed by atoms with E-state index in [0.29, 0.717) is 23.7 Å². The summed E-state index contributed by atoms with van der Waals surface area (Å²) in [6, 6.07) is 16.9. The summed E-state index contributed by atoms with van der Waals surface area (Å²) in [7, 11) is 1.57. The van der Waals surface area contributed by atoms with Gasteiger partial charge in [-0.25, -0.2) is 5.43 Å². The Morgan fingerprint density at radius 2 is 1.74 bits per heavy atom. The third-order valence-electron chi connectivity index (χ3n) is 4.11. The number of hydrogen-bond acceptors (Lipinski definition) is 4. The highest BCUT2D eigenvalue weighted by Crippen LogP contribution is 2.35. The standard InChI is InChI=1S/C22H16Br3IN2O3/c1-30-20-10-15(4-7-19(20)26)22(29)28-27-11-14-8-17(24)21(18(25)9-14)31-12-13-2-5-16(23)6-3-13/h2-11H,12H2,1H3,(H,28,29)/b27-11-. The fourth-order valence-corrected chi connectivity index (χ4v) is 4.83. The van der Waals surface area contributed by atoms with E-state index in [4.69, 9.17) is 9.47 Å². The smallest absolute Gasteiger partial charge is 0.271 e. The van der Waals surface area contributed by atoms with Crippen LogP contribution in [0.25, 0.3) is 0 Å². The van der Waals surface area contributed by atoms with Crippen LogP contribution in [0.2, 0.25) is 0 Å². The molecule has 160 valence electrons. The number of hydrazone groups is 1. The van der Waals surface area contributed by atoms with Crippen molar-refractivity contribution in [2.45, 2.75) is 6.61 Å². The van der Waals surface area contributed by atoms with Crippen molar-refractivity contribution in [3.63, 3.8) is 0 Å². The minimum Gasteiger partial charge on any atom is -0.496 e. The van der Waals surface area contributed by atoms with Crippen molar-refractivity contribution in [1.29, 1.82) is 0 Å². The van der Waals surface area contributed by atoms with Gasteiger partial charge < -0.3 is 9.47 Å². The van der Waals surface area contributed by atoms with E-state index in [9.17, 15) is 4.79 Å². The Labute approximate surface area is 219 Å². The SMILES string of the molecule is COc1cc(C(=O)N/N=C\c2cc(Br)c(OCc3ccc(Br)cc3)c(Br)c2)ccc1I. The largest absolute Gasteiger partial charge is 0.496 e. The highest BCUT2D eigenvalue weighted by molar-refractivity contribution is 14.1. The molecule has 0 radical (unpaired) electrons. The van der Waals surface area contributed by atoms with E-state index in [1.54, 1.807) is 25.5 Å². The Bertz CT molecular complexity index is 1100. The molecular formula is C22H16Br3IN2O3. The maximum absolute atomic E-state index is 12.3. The molecule has 0 saturated carbocycles. The molecule has 0 spiro atoms. The van der Waals surface area contributed by atoms with Gasteiger partial charge in [0.25, 0.3) is 5.91 Å². The second kappa shape index (κ2) is 11.4. The first-order chi connectivity index (χ1) is 14.9. The molecular weight excluding hydrogens is 707 g/mol. The minimum atomic E-state index is -0.321. The molecule has 3 rings (SSSR count). The van der Waals surface area contributed by atoms with Crippen molar-refractivity contribution in [3.05, 3.63) is 88.3 Å². The minimum absolute atomic E-state index is 0.321. The molecule has 31 heavy (non-hydrogen) atoms. The molecule has 0 aromatic heterocycles. The number of nitrogens with one attached hydrogen (secondary N) is 1. The van der Waals surface area contributed by atoms with E-state index in [0.717, 1.165) is 28.1 Å². The van der Waals surface area contributed by atoms with E-state index in [1.807, 2.05) is 42.5 Å². The molecule has 0 atom stereocenters. The van der Waals surface area contributed by atoms with Crippen LogP contribution in [0.5, 0.6) is 11.5 Å². The van der Waals surface area contributed by atoms with Crippen molar-refractivity contribution < 1.29 is 14.3 Å². The zero-order chi connectivity index (χ0) is 22.4. The average molecular weight is 723 g/mol. The molecule has 0 saturated heterocycles. The number of halogens is 4. The predicted molar refractivity (Wildman–Crippen MR) is 141 cm³/mol. The summed E-state index contributed by atoms with van der Waals surface area (Å²) < 4.78 is 14.7. The highest BCUT2D eigenvalue weighted by Gasteiger charge is 2.10. The quantitative estimate of drug-likeness (QED) is 0.164. The molecule has 9 heteroatoms. The third kappa shape index (κ3) is 6.77. The van der Waals surface area contributed by atoms with Crippen LogP contribution in [-0.2, 0) is 6.61 Å². The number of benzene rings is 3. The number of amides is 1. The van der Waals surface area contributed by atoms with Crippen LogP contribution < -0.4 is 14.9 Å². The highest BCUT2D eigenvalue weighted by atomic mass is 127. The molecule has 0 unspecified atom stereocenters. The summed E-state index contributed by atoms with van der Waals surface area (Å²) in [5, 5.41) is 4.06. The van der Waals surface area contributed by atoms with Gasteiger partial charge in [-0.2, -0.15) is 5.10 Å². The van der Waals surface area contributed by atoms with Crippen LogP contribution >= 0.6 is 70.4 Å². The number of carbonyl (C=O) groups excluding carboxylic acids is 1. The van der Waals surface area contributed by atoms with Crippen molar-refractivity contribution in [1.82, 2.24) is 5.43 Å². The van der Waals surface area contributed by atoms with Crippen LogP contribution in [0.4, 0.5) is 0 Å². The monoisotopic (exact) mass is 720 g/mol. The maximum atomic E-state index is 12.3. The lowest BCUT2D eigenvalue weighted by Crippen LogP contribution is -2.17. The second-order valence-electron chi connectivity index (χ2n) is 6.28. The summed E-state index contributed by atoms with van der Waals surface area (Å²) in [6.45, 7) is 0.438. The van der Waals surface area contributed by atoms with Gasteiger partial charge in [0.1, 0.15) is 18.1 Å². The van der Waals surface area contributed by atoms with Crippen molar-refractivity contribution in [3.8, 4) is 11.5 Å². The van der Waals surface area contributed by atoms with E-state index in [1.165, 1.54) is 0 Å². The zero-order valence-corrected chi connectivity index (χ0v) is 23.1. The van der Waals surface area contributed by atoms with Gasteiger partial charge in [0.05, 0.1) is 25.8 Å². The predicted octanol–water partition coefficient (Wildman–Crippen LogP) is 6.93. The van der Waals surface area contributed by atoms with Gasteiger partial charge in [-0.05, 0) is 108 Å². The molecule has 0 heterocycles. The second-order valence-corrected chi connectivity index (χ2v) is 10.1. The molecule has 0 aliphatic carbocycles. The molecule has 3 aromatic rings. The van der Waals surface area contributed by atoms with Crippen LogP contribution in [0.1, 0.15) is 21.5 Å². The van der Waals surface area contributed by atoms with Crippen molar-refractivity contribution in [2.75, 3.05) is 7.11 Å². The van der Waals surface area contributed by atoms with E-state index in [-0.39, 0.29) is 5.91 Å². The molecule has 1 N–H and O–H groups in total. The van der Waals surface area contributed by atoms with Crippen LogP contribution in [-0.4, -0.2) is 19.2 Å². The zero-order valence-electron chi connectivity index (χ0n) is 16.2. The first kappa shape index (κ1) is 24.2. The van der Waals surface area contributed by atoms with Gasteiger partial charge in [-0.15, -0.1) is 0 Å².